The van der Waals surface area contributed by atoms with Crippen molar-refractivity contribution >= 4 is 0 Å². The molecule has 0 heterocycles. The van der Waals surface area contributed by atoms with Crippen molar-refractivity contribution in [3.05, 3.63) is 0 Å². The number of nitrogens with zero attached hydrogens (tertiary/aromatic N) is 1. The fraction of sp³-hybridized carbons (Fsp3) is 1.00. The monoisotopic (exact) mass is 187 g/mol. The molecule has 0 rings (SSSR count). The molecule has 0 aromatic heterocycles. The predicted molar refractivity (Wildman–Crippen MR) is 57.9 cm³/mol. The van der Waals surface area contributed by atoms with E-state index in [1.54, 1.807) is 0 Å². The molecule has 13 heavy (non-hydrogen) atoms. The molecule has 2 heteroatoms. The molecule has 0 amide bonds. The van der Waals surface area contributed by atoms with Crippen LogP contribution in [0.2, 0.25) is 0 Å². The maximum absolute atomic E-state index is 9.89. The van der Waals surface area contributed by atoms with Crippen molar-refractivity contribution in [2.45, 2.75) is 65.1 Å². The maximum Gasteiger partial charge on any atom is 0.0695 e. The van der Waals surface area contributed by atoms with Gasteiger partial charge in [-0.2, -0.15) is 0 Å². The lowest BCUT2D eigenvalue weighted by Gasteiger charge is -2.34. The van der Waals surface area contributed by atoms with E-state index < -0.39 is 0 Å². The van der Waals surface area contributed by atoms with Gasteiger partial charge in [0.1, 0.15) is 0 Å². The van der Waals surface area contributed by atoms with Gasteiger partial charge in [0.05, 0.1) is 6.10 Å². The molecule has 0 aliphatic heterocycles. The Morgan fingerprint density at radius 2 is 1.77 bits per heavy atom. The van der Waals surface area contributed by atoms with Gasteiger partial charge in [-0.15, -0.1) is 0 Å². The van der Waals surface area contributed by atoms with Crippen LogP contribution in [-0.4, -0.2) is 35.2 Å². The molecule has 0 aromatic rings. The van der Waals surface area contributed by atoms with Crippen LogP contribution in [0.5, 0.6) is 0 Å². The third kappa shape index (κ3) is 4.10. The van der Waals surface area contributed by atoms with Crippen molar-refractivity contribution in [2.24, 2.45) is 0 Å². The molecule has 80 valence electrons. The van der Waals surface area contributed by atoms with E-state index in [2.05, 4.69) is 39.6 Å². The molecule has 0 bridgehead atoms. The van der Waals surface area contributed by atoms with E-state index in [4.69, 9.17) is 0 Å². The summed E-state index contributed by atoms with van der Waals surface area (Å²) in [7, 11) is 2.09. The molecule has 0 aliphatic rings. The highest BCUT2D eigenvalue weighted by atomic mass is 16.3. The standard InChI is InChI=1S/C11H25NO/c1-6-8-11(13)10(7-2)12(5)9(3)4/h9-11,13H,6-8H2,1-5H3. The van der Waals surface area contributed by atoms with E-state index in [0.717, 1.165) is 19.3 Å². The van der Waals surface area contributed by atoms with Gasteiger partial charge < -0.3 is 5.11 Å². The normalized spacial score (nSPS) is 16.6. The number of aliphatic hydroxyl groups excluding tert-OH is 1. The average Bonchev–Trinajstić information content (AvgIpc) is 2.05. The highest BCUT2D eigenvalue weighted by Crippen LogP contribution is 2.14. The second-order valence-electron chi connectivity index (χ2n) is 4.09. The first-order valence-corrected chi connectivity index (χ1v) is 5.44. The first-order valence-electron chi connectivity index (χ1n) is 5.44. The number of rotatable bonds is 6. The maximum atomic E-state index is 9.89. The number of hydrogen-bond donors (Lipinski definition) is 1. The highest BCUT2D eigenvalue weighted by molar-refractivity contribution is 4.77. The second-order valence-corrected chi connectivity index (χ2v) is 4.09. The van der Waals surface area contributed by atoms with Gasteiger partial charge in [0, 0.05) is 12.1 Å². The molecule has 0 spiro atoms. The molecule has 1 N–H and O–H groups in total. The molecule has 2 nitrogen and oxygen atoms in total. The van der Waals surface area contributed by atoms with Crippen molar-refractivity contribution in [3.8, 4) is 0 Å². The lowest BCUT2D eigenvalue weighted by Crippen LogP contribution is -2.44. The van der Waals surface area contributed by atoms with Crippen LogP contribution in [0.4, 0.5) is 0 Å². The van der Waals surface area contributed by atoms with Crippen LogP contribution in [0.25, 0.3) is 0 Å². The minimum absolute atomic E-state index is 0.164. The van der Waals surface area contributed by atoms with Crippen LogP contribution in [-0.2, 0) is 0 Å². The average molecular weight is 187 g/mol. The summed E-state index contributed by atoms with van der Waals surface area (Å²) in [5, 5.41) is 9.89. The highest BCUT2D eigenvalue weighted by Gasteiger charge is 2.22. The van der Waals surface area contributed by atoms with Crippen molar-refractivity contribution in [2.75, 3.05) is 7.05 Å². The lowest BCUT2D eigenvalue weighted by molar-refractivity contribution is 0.0398. The summed E-state index contributed by atoms with van der Waals surface area (Å²) >= 11 is 0. The second kappa shape index (κ2) is 6.39. The lowest BCUT2D eigenvalue weighted by atomic mass is 10.0. The van der Waals surface area contributed by atoms with Crippen molar-refractivity contribution in [3.63, 3.8) is 0 Å². The first-order chi connectivity index (χ1) is 6.04. The smallest absolute Gasteiger partial charge is 0.0695 e. The predicted octanol–water partition coefficient (Wildman–Crippen LogP) is 2.27. The molecule has 0 aliphatic carbocycles. The summed E-state index contributed by atoms with van der Waals surface area (Å²) in [5.41, 5.74) is 0. The molecule has 0 radical (unpaired) electrons. The molecular formula is C11H25NO. The van der Waals surface area contributed by atoms with E-state index in [9.17, 15) is 5.11 Å². The van der Waals surface area contributed by atoms with Gasteiger partial charge in [0.25, 0.3) is 0 Å². The van der Waals surface area contributed by atoms with Crippen molar-refractivity contribution < 1.29 is 5.11 Å². The Kier molecular flexibility index (Phi) is 6.35. The van der Waals surface area contributed by atoms with Gasteiger partial charge in [-0.3, -0.25) is 4.90 Å². The van der Waals surface area contributed by atoms with E-state index in [0.29, 0.717) is 12.1 Å². The summed E-state index contributed by atoms with van der Waals surface area (Å²) in [4.78, 5) is 2.26. The number of likely N-dealkylation sites (N-methyl/N-ethyl adjacent to an activating group) is 1. The van der Waals surface area contributed by atoms with Crippen LogP contribution >= 0.6 is 0 Å². The zero-order valence-corrected chi connectivity index (χ0v) is 9.75. The summed E-state index contributed by atoms with van der Waals surface area (Å²) in [6, 6.07) is 0.830. The quantitative estimate of drug-likeness (QED) is 0.689. The first kappa shape index (κ1) is 12.9. The van der Waals surface area contributed by atoms with Crippen LogP contribution in [0.3, 0.4) is 0 Å². The van der Waals surface area contributed by atoms with Crippen LogP contribution < -0.4 is 0 Å². The molecule has 2 unspecified atom stereocenters. The Balaban J connectivity index is 4.14. The van der Waals surface area contributed by atoms with Crippen LogP contribution in [0.1, 0.15) is 47.0 Å². The molecular weight excluding hydrogens is 162 g/mol. The van der Waals surface area contributed by atoms with Gasteiger partial charge in [-0.25, -0.2) is 0 Å². The Morgan fingerprint density at radius 1 is 1.23 bits per heavy atom. The van der Waals surface area contributed by atoms with Gasteiger partial charge in [-0.05, 0) is 33.7 Å². The molecule has 0 fully saturated rings. The van der Waals surface area contributed by atoms with Crippen molar-refractivity contribution in [1.82, 2.24) is 4.90 Å². The van der Waals surface area contributed by atoms with Crippen LogP contribution in [0, 0.1) is 0 Å². The minimum Gasteiger partial charge on any atom is -0.391 e. The number of hydrogen-bond acceptors (Lipinski definition) is 2. The Morgan fingerprint density at radius 3 is 2.08 bits per heavy atom. The molecule has 0 saturated carbocycles. The van der Waals surface area contributed by atoms with E-state index in [1.165, 1.54) is 0 Å². The van der Waals surface area contributed by atoms with Gasteiger partial charge in [-0.1, -0.05) is 20.3 Å². The Bertz CT molecular complexity index is 125. The summed E-state index contributed by atoms with van der Waals surface area (Å²) in [6.07, 6.45) is 2.83. The zero-order valence-electron chi connectivity index (χ0n) is 9.75. The van der Waals surface area contributed by atoms with E-state index >= 15 is 0 Å². The topological polar surface area (TPSA) is 23.5 Å². The van der Waals surface area contributed by atoms with E-state index in [-0.39, 0.29) is 6.10 Å². The van der Waals surface area contributed by atoms with Crippen LogP contribution in [0.15, 0.2) is 0 Å². The third-order valence-corrected chi connectivity index (χ3v) is 2.78. The van der Waals surface area contributed by atoms with Gasteiger partial charge in [0.15, 0.2) is 0 Å². The Hall–Kier alpha value is -0.0800. The fourth-order valence-corrected chi connectivity index (χ4v) is 1.70. The summed E-state index contributed by atoms with van der Waals surface area (Å²) < 4.78 is 0. The SMILES string of the molecule is CCCC(O)C(CC)N(C)C(C)C. The largest absolute Gasteiger partial charge is 0.391 e. The molecule has 0 aromatic carbocycles. The zero-order chi connectivity index (χ0) is 10.4. The third-order valence-electron chi connectivity index (χ3n) is 2.78. The van der Waals surface area contributed by atoms with Gasteiger partial charge >= 0.3 is 0 Å². The molecule has 0 saturated heterocycles. The number of aliphatic hydroxyl groups is 1. The summed E-state index contributed by atoms with van der Waals surface area (Å²) in [5.74, 6) is 0. The molecule has 2 atom stereocenters. The van der Waals surface area contributed by atoms with Gasteiger partial charge in [0.2, 0.25) is 0 Å². The van der Waals surface area contributed by atoms with E-state index in [1.807, 2.05) is 0 Å². The minimum atomic E-state index is -0.164. The summed E-state index contributed by atoms with van der Waals surface area (Å²) in [6.45, 7) is 8.59. The van der Waals surface area contributed by atoms with Crippen molar-refractivity contribution in [1.29, 1.82) is 0 Å². The Labute approximate surface area is 82.9 Å². The fourth-order valence-electron chi connectivity index (χ4n) is 1.70.